The molecule has 9 nitrogen and oxygen atoms in total. The Kier molecular flexibility index (Phi) is 7.38. The molecule has 3 aromatic rings. The van der Waals surface area contributed by atoms with Gasteiger partial charge in [-0.05, 0) is 71.9 Å². The number of nitrogens with one attached hydrogen (secondary N) is 1. The Morgan fingerprint density at radius 3 is 3.00 bits per heavy atom. The van der Waals surface area contributed by atoms with E-state index in [1.54, 1.807) is 0 Å². The van der Waals surface area contributed by atoms with Crippen LogP contribution in [-0.4, -0.2) is 43.4 Å². The van der Waals surface area contributed by atoms with Crippen molar-refractivity contribution >= 4 is 44.8 Å². The van der Waals surface area contributed by atoms with Gasteiger partial charge in [-0.15, -0.1) is 11.3 Å². The molecule has 0 radical (unpaired) electrons. The quantitative estimate of drug-likeness (QED) is 0.405. The first-order valence-corrected chi connectivity index (χ1v) is 14.3. The number of aromatic nitrogens is 2. The summed E-state index contributed by atoms with van der Waals surface area (Å²) in [6.45, 7) is 0.645. The molecule has 190 valence electrons. The Balaban J connectivity index is 1.30. The van der Waals surface area contributed by atoms with Crippen molar-refractivity contribution in [1.82, 2.24) is 9.97 Å². The number of hydrogen-bond acceptors (Lipinski definition) is 9. The van der Waals surface area contributed by atoms with Crippen LogP contribution in [-0.2, 0) is 25.6 Å². The van der Waals surface area contributed by atoms with E-state index in [0.29, 0.717) is 34.3 Å². The fraction of sp³-hybridized carbons (Fsp3) is 0.375. The van der Waals surface area contributed by atoms with Crippen molar-refractivity contribution in [1.29, 1.82) is 0 Å². The summed E-state index contributed by atoms with van der Waals surface area (Å²) in [7, 11) is -3.96. The van der Waals surface area contributed by atoms with Crippen LogP contribution in [0.4, 0.5) is 5.82 Å². The molecule has 0 bridgehead atoms. The molecule has 3 atom stereocenters. The summed E-state index contributed by atoms with van der Waals surface area (Å²) in [5, 5.41) is 10.9. The van der Waals surface area contributed by atoms with E-state index in [1.165, 1.54) is 29.4 Å². The van der Waals surface area contributed by atoms with Gasteiger partial charge in [0.2, 0.25) is 5.78 Å². The standard InChI is InChI=1S/C24H25ClN4O5S2/c25-17-3-2-15-5-6-33-23(19(15)9-17)16-8-21(35-12-16)22(30)20-10-27-13-28-24(20)29-18-4-1-14(7-18)11-34-36(26,31)32/h2-3,8-10,12-14,18,23H,1,4-7,11H2,(H2,26,31,32)(H,27,28,29)/t14-,18+,23?/m1/s1. The van der Waals surface area contributed by atoms with Crippen molar-refractivity contribution in [2.75, 3.05) is 18.5 Å². The summed E-state index contributed by atoms with van der Waals surface area (Å²) >= 11 is 7.59. The number of hydrogen-bond donors (Lipinski definition) is 2. The van der Waals surface area contributed by atoms with Gasteiger partial charge >= 0.3 is 10.3 Å². The SMILES string of the molecule is NS(=O)(=O)OC[C@@H]1CC[C@H](Nc2ncncc2C(=O)c2cc(C3OCCc4ccc(Cl)cc43)cs2)C1. The first kappa shape index (κ1) is 25.2. The lowest BCUT2D eigenvalue weighted by atomic mass is 9.94. The van der Waals surface area contributed by atoms with Crippen LogP contribution in [0.5, 0.6) is 0 Å². The Hall–Kier alpha value is -2.41. The normalized spacial score (nSPS) is 21.8. The summed E-state index contributed by atoms with van der Waals surface area (Å²) in [5.41, 5.74) is 3.51. The number of halogens is 1. The van der Waals surface area contributed by atoms with Gasteiger partial charge < -0.3 is 10.1 Å². The number of anilines is 1. The van der Waals surface area contributed by atoms with Crippen molar-refractivity contribution < 1.29 is 22.1 Å². The van der Waals surface area contributed by atoms with Crippen LogP contribution >= 0.6 is 22.9 Å². The van der Waals surface area contributed by atoms with Crippen LogP contribution in [0.2, 0.25) is 5.02 Å². The van der Waals surface area contributed by atoms with Crippen LogP contribution in [0.15, 0.2) is 42.2 Å². The van der Waals surface area contributed by atoms with Gasteiger partial charge in [0.05, 0.1) is 23.7 Å². The summed E-state index contributed by atoms with van der Waals surface area (Å²) in [4.78, 5) is 22.4. The maximum Gasteiger partial charge on any atom is 0.333 e. The predicted molar refractivity (Wildman–Crippen MR) is 137 cm³/mol. The number of rotatable bonds is 8. The van der Waals surface area contributed by atoms with E-state index in [4.69, 9.17) is 25.7 Å². The molecule has 3 heterocycles. The molecule has 12 heteroatoms. The van der Waals surface area contributed by atoms with Crippen molar-refractivity contribution in [2.45, 2.75) is 37.8 Å². The average Bonchev–Trinajstić information content (AvgIpc) is 3.52. The Morgan fingerprint density at radius 1 is 1.31 bits per heavy atom. The second-order valence-electron chi connectivity index (χ2n) is 9.00. The second kappa shape index (κ2) is 10.5. The highest BCUT2D eigenvalue weighted by Gasteiger charge is 2.29. The number of carbonyl (C=O) groups excluding carboxylic acids is 1. The van der Waals surface area contributed by atoms with E-state index in [1.807, 2.05) is 29.6 Å². The number of benzene rings is 1. The van der Waals surface area contributed by atoms with E-state index < -0.39 is 10.3 Å². The maximum atomic E-state index is 13.4. The van der Waals surface area contributed by atoms with Crippen LogP contribution in [0.25, 0.3) is 0 Å². The molecule has 1 saturated carbocycles. The third kappa shape index (κ3) is 5.77. The highest BCUT2D eigenvalue weighted by Crippen LogP contribution is 2.37. The molecule has 2 aliphatic rings. The topological polar surface area (TPSA) is 134 Å². The minimum atomic E-state index is -3.96. The van der Waals surface area contributed by atoms with Gasteiger partial charge in [0, 0.05) is 17.3 Å². The largest absolute Gasteiger partial charge is 0.368 e. The van der Waals surface area contributed by atoms with Crippen molar-refractivity contribution in [3.63, 3.8) is 0 Å². The van der Waals surface area contributed by atoms with Gasteiger partial charge in [-0.25, -0.2) is 15.1 Å². The minimum absolute atomic E-state index is 0.0244. The average molecular weight is 549 g/mol. The summed E-state index contributed by atoms with van der Waals surface area (Å²) in [5.74, 6) is 0.325. The molecule has 3 N–H and O–H groups in total. The number of fused-ring (bicyclic) bond motifs is 1. The third-order valence-electron chi connectivity index (χ3n) is 6.50. The Bertz CT molecular complexity index is 1380. The van der Waals surface area contributed by atoms with E-state index >= 15 is 0 Å². The van der Waals surface area contributed by atoms with Gasteiger partial charge in [-0.3, -0.25) is 8.98 Å². The van der Waals surface area contributed by atoms with Gasteiger partial charge in [0.25, 0.3) is 0 Å². The zero-order valence-electron chi connectivity index (χ0n) is 19.2. The first-order valence-electron chi connectivity index (χ1n) is 11.5. The lowest BCUT2D eigenvalue weighted by Crippen LogP contribution is -2.22. The molecule has 0 saturated heterocycles. The van der Waals surface area contributed by atoms with Crippen LogP contribution < -0.4 is 10.5 Å². The van der Waals surface area contributed by atoms with Crippen molar-refractivity contribution in [2.24, 2.45) is 11.1 Å². The van der Waals surface area contributed by atoms with Crippen LogP contribution in [0, 0.1) is 5.92 Å². The van der Waals surface area contributed by atoms with Gasteiger partial charge in [-0.2, -0.15) is 8.42 Å². The highest BCUT2D eigenvalue weighted by molar-refractivity contribution is 7.84. The molecule has 36 heavy (non-hydrogen) atoms. The number of thiophene rings is 1. The highest BCUT2D eigenvalue weighted by atomic mass is 35.5. The zero-order chi connectivity index (χ0) is 25.3. The summed E-state index contributed by atoms with van der Waals surface area (Å²) < 4.78 is 32.9. The molecular weight excluding hydrogens is 524 g/mol. The summed E-state index contributed by atoms with van der Waals surface area (Å²) in [6, 6.07) is 7.72. The number of carbonyl (C=O) groups is 1. The van der Waals surface area contributed by atoms with Crippen molar-refractivity contribution in [3.05, 3.63) is 74.3 Å². The second-order valence-corrected chi connectivity index (χ2v) is 11.6. The molecule has 1 unspecified atom stereocenters. The van der Waals surface area contributed by atoms with Crippen LogP contribution in [0.1, 0.15) is 57.3 Å². The number of nitrogens with zero attached hydrogens (tertiary/aromatic N) is 2. The fourth-order valence-electron chi connectivity index (χ4n) is 4.78. The molecule has 0 amide bonds. The molecule has 5 rings (SSSR count). The number of ether oxygens (including phenoxy) is 1. The zero-order valence-corrected chi connectivity index (χ0v) is 21.6. The smallest absolute Gasteiger partial charge is 0.333 e. The lowest BCUT2D eigenvalue weighted by molar-refractivity contribution is 0.0701. The Morgan fingerprint density at radius 2 is 2.17 bits per heavy atom. The molecule has 1 aromatic carbocycles. The van der Waals surface area contributed by atoms with Crippen molar-refractivity contribution in [3.8, 4) is 0 Å². The van der Waals surface area contributed by atoms with Gasteiger partial charge in [0.1, 0.15) is 18.2 Å². The first-order chi connectivity index (χ1) is 17.3. The van der Waals surface area contributed by atoms with Crippen LogP contribution in [0.3, 0.4) is 0 Å². The third-order valence-corrected chi connectivity index (χ3v) is 8.15. The number of ketones is 1. The minimum Gasteiger partial charge on any atom is -0.368 e. The maximum absolute atomic E-state index is 13.4. The molecular formula is C24H25ClN4O5S2. The number of nitrogens with two attached hydrogens (primary N) is 1. The molecule has 1 aliphatic carbocycles. The fourth-order valence-corrected chi connectivity index (χ4v) is 6.22. The Labute approximate surface area is 218 Å². The molecule has 1 aliphatic heterocycles. The van der Waals surface area contributed by atoms with Gasteiger partial charge in [-0.1, -0.05) is 17.7 Å². The van der Waals surface area contributed by atoms with E-state index in [-0.39, 0.29) is 30.5 Å². The molecule has 0 spiro atoms. The lowest BCUT2D eigenvalue weighted by Gasteiger charge is -2.25. The predicted octanol–water partition coefficient (Wildman–Crippen LogP) is 3.89. The van der Waals surface area contributed by atoms with E-state index in [2.05, 4.69) is 15.3 Å². The van der Waals surface area contributed by atoms with Gasteiger partial charge in [0.15, 0.2) is 0 Å². The molecule has 1 fully saturated rings. The van der Waals surface area contributed by atoms with E-state index in [0.717, 1.165) is 30.4 Å². The van der Waals surface area contributed by atoms with E-state index in [9.17, 15) is 13.2 Å². The molecule has 2 aromatic heterocycles. The summed E-state index contributed by atoms with van der Waals surface area (Å²) in [6.07, 6.45) is 5.71. The monoisotopic (exact) mass is 548 g/mol.